The van der Waals surface area contributed by atoms with E-state index in [1.807, 2.05) is 45.9 Å². The van der Waals surface area contributed by atoms with Gasteiger partial charge in [0.15, 0.2) is 5.43 Å². The monoisotopic (exact) mass is 491 g/mol. The molecule has 2 fully saturated rings. The molecule has 0 N–H and O–H groups in total. The summed E-state index contributed by atoms with van der Waals surface area (Å²) in [5.74, 6) is -0.0608. The lowest BCUT2D eigenvalue weighted by Crippen LogP contribution is -2.48. The summed E-state index contributed by atoms with van der Waals surface area (Å²) in [5, 5.41) is 0.364. The summed E-state index contributed by atoms with van der Waals surface area (Å²) in [6.45, 7) is 7.44. The standard InChI is InChI=1S/C28H29NO7/c1-5-18-14-21(30)19-9-10-22(33-15-17-8-6-7-13-29-17)20(23(19)35-18)16-34-25(32)28-12-11-27(4,24(31)36-28)26(28,2)3/h6-10,13-14H,5,11-12,15-16H2,1-4H3/t27-,28+/m0/s1. The Bertz CT molecular complexity index is 1410. The zero-order valence-corrected chi connectivity index (χ0v) is 20.9. The Kier molecular flexibility index (Phi) is 5.65. The molecule has 0 spiro atoms. The molecule has 2 atom stereocenters. The largest absolute Gasteiger partial charge is 0.487 e. The molecule has 2 aromatic heterocycles. The maximum Gasteiger partial charge on any atom is 0.351 e. The summed E-state index contributed by atoms with van der Waals surface area (Å²) in [6.07, 6.45) is 3.15. The van der Waals surface area contributed by atoms with E-state index in [1.165, 1.54) is 6.07 Å². The van der Waals surface area contributed by atoms with Crippen LogP contribution in [0.25, 0.3) is 11.0 Å². The van der Waals surface area contributed by atoms with Gasteiger partial charge in [-0.3, -0.25) is 14.6 Å². The molecule has 188 valence electrons. The van der Waals surface area contributed by atoms with Crippen molar-refractivity contribution in [2.75, 3.05) is 0 Å². The molecule has 36 heavy (non-hydrogen) atoms. The van der Waals surface area contributed by atoms with E-state index in [1.54, 1.807) is 18.3 Å². The third-order valence-electron chi connectivity index (χ3n) is 8.22. The van der Waals surface area contributed by atoms with E-state index < -0.39 is 22.4 Å². The summed E-state index contributed by atoms with van der Waals surface area (Å²) in [7, 11) is 0. The predicted molar refractivity (Wildman–Crippen MR) is 130 cm³/mol. The molecule has 0 unspecified atom stereocenters. The average molecular weight is 492 g/mol. The maximum atomic E-state index is 13.5. The first kappa shape index (κ1) is 24.0. The van der Waals surface area contributed by atoms with Crippen LogP contribution in [-0.2, 0) is 38.7 Å². The number of hydrogen-bond acceptors (Lipinski definition) is 8. The Morgan fingerprint density at radius 2 is 1.89 bits per heavy atom. The van der Waals surface area contributed by atoms with Crippen LogP contribution < -0.4 is 10.2 Å². The van der Waals surface area contributed by atoms with Gasteiger partial charge < -0.3 is 18.6 Å². The number of aryl methyl sites for hydroxylation is 1. The van der Waals surface area contributed by atoms with Gasteiger partial charge in [0.2, 0.25) is 5.60 Å². The fourth-order valence-corrected chi connectivity index (χ4v) is 5.34. The van der Waals surface area contributed by atoms with Crippen molar-refractivity contribution in [3.8, 4) is 5.75 Å². The third-order valence-corrected chi connectivity index (χ3v) is 8.22. The molecular weight excluding hydrogens is 462 g/mol. The van der Waals surface area contributed by atoms with Gasteiger partial charge in [0.05, 0.1) is 22.1 Å². The number of carbonyl (C=O) groups is 2. The lowest BCUT2D eigenvalue weighted by Gasteiger charge is -2.34. The molecule has 3 heterocycles. The predicted octanol–water partition coefficient (Wildman–Crippen LogP) is 4.49. The van der Waals surface area contributed by atoms with Crippen LogP contribution in [0.15, 0.2) is 51.8 Å². The first-order chi connectivity index (χ1) is 17.1. The van der Waals surface area contributed by atoms with Crippen LogP contribution in [0.5, 0.6) is 5.75 Å². The molecule has 1 aromatic carbocycles. The average Bonchev–Trinajstić information content (AvgIpc) is 3.17. The van der Waals surface area contributed by atoms with Gasteiger partial charge in [0.1, 0.15) is 30.3 Å². The smallest absolute Gasteiger partial charge is 0.351 e. The minimum absolute atomic E-state index is 0.179. The van der Waals surface area contributed by atoms with Crippen molar-refractivity contribution in [2.24, 2.45) is 10.8 Å². The number of fused-ring (bicyclic) bond motifs is 3. The van der Waals surface area contributed by atoms with Gasteiger partial charge in [-0.25, -0.2) is 4.79 Å². The van der Waals surface area contributed by atoms with Gasteiger partial charge in [0, 0.05) is 24.1 Å². The van der Waals surface area contributed by atoms with Gasteiger partial charge in [-0.15, -0.1) is 0 Å². The fourth-order valence-electron chi connectivity index (χ4n) is 5.34. The fraction of sp³-hybridized carbons (Fsp3) is 0.429. The Balaban J connectivity index is 1.50. The first-order valence-corrected chi connectivity index (χ1v) is 12.1. The van der Waals surface area contributed by atoms with Gasteiger partial charge in [0.25, 0.3) is 0 Å². The number of pyridine rings is 1. The second kappa shape index (κ2) is 8.47. The number of carbonyl (C=O) groups excluding carboxylic acids is 2. The number of ether oxygens (including phenoxy) is 3. The molecule has 3 aromatic rings. The summed E-state index contributed by atoms with van der Waals surface area (Å²) >= 11 is 0. The number of hydrogen-bond donors (Lipinski definition) is 0. The Hall–Kier alpha value is -3.68. The van der Waals surface area contributed by atoms with Crippen LogP contribution in [0.4, 0.5) is 0 Å². The van der Waals surface area contributed by atoms with Gasteiger partial charge in [-0.2, -0.15) is 0 Å². The topological polar surface area (TPSA) is 105 Å². The number of benzene rings is 1. The summed E-state index contributed by atoms with van der Waals surface area (Å²) in [4.78, 5) is 43.1. The summed E-state index contributed by atoms with van der Waals surface area (Å²) < 4.78 is 23.5. The molecular formula is C28H29NO7. The second-order valence-electron chi connectivity index (χ2n) is 10.2. The van der Waals surface area contributed by atoms with Crippen molar-refractivity contribution < 1.29 is 28.2 Å². The Morgan fingerprint density at radius 3 is 2.53 bits per heavy atom. The Labute approximate surface area is 208 Å². The Morgan fingerprint density at radius 1 is 1.08 bits per heavy atom. The molecule has 1 saturated heterocycles. The quantitative estimate of drug-likeness (QED) is 0.445. The minimum atomic E-state index is -1.35. The molecule has 8 nitrogen and oxygen atoms in total. The molecule has 1 saturated carbocycles. The van der Waals surface area contributed by atoms with Crippen molar-refractivity contribution in [1.82, 2.24) is 4.98 Å². The van der Waals surface area contributed by atoms with Crippen LogP contribution in [0.2, 0.25) is 0 Å². The zero-order valence-electron chi connectivity index (χ0n) is 20.9. The van der Waals surface area contributed by atoms with E-state index >= 15 is 0 Å². The lowest BCUT2D eigenvalue weighted by molar-refractivity contribution is -0.184. The van der Waals surface area contributed by atoms with Crippen LogP contribution in [0.3, 0.4) is 0 Å². The molecule has 0 radical (unpaired) electrons. The first-order valence-electron chi connectivity index (χ1n) is 12.1. The van der Waals surface area contributed by atoms with E-state index in [2.05, 4.69) is 4.98 Å². The van der Waals surface area contributed by atoms with Crippen molar-refractivity contribution in [3.63, 3.8) is 0 Å². The highest BCUT2D eigenvalue weighted by Crippen LogP contribution is 2.65. The molecule has 2 bridgehead atoms. The molecule has 1 aliphatic heterocycles. The van der Waals surface area contributed by atoms with Crippen molar-refractivity contribution in [1.29, 1.82) is 0 Å². The lowest BCUT2D eigenvalue weighted by atomic mass is 9.66. The number of nitrogens with zero attached hydrogens (tertiary/aromatic N) is 1. The van der Waals surface area contributed by atoms with E-state index in [0.717, 1.165) is 0 Å². The van der Waals surface area contributed by atoms with Crippen molar-refractivity contribution in [3.05, 3.63) is 69.8 Å². The van der Waals surface area contributed by atoms with E-state index in [0.29, 0.717) is 53.0 Å². The highest BCUT2D eigenvalue weighted by molar-refractivity contribution is 5.93. The van der Waals surface area contributed by atoms with Crippen LogP contribution in [0.1, 0.15) is 57.6 Å². The van der Waals surface area contributed by atoms with Gasteiger partial charge in [-0.1, -0.05) is 26.8 Å². The zero-order chi connectivity index (χ0) is 25.7. The van der Waals surface area contributed by atoms with Crippen LogP contribution in [0, 0.1) is 10.8 Å². The number of aromatic nitrogens is 1. The van der Waals surface area contributed by atoms with Gasteiger partial charge >= 0.3 is 11.9 Å². The molecule has 8 heteroatoms. The molecule has 1 aliphatic carbocycles. The third kappa shape index (κ3) is 3.42. The van der Waals surface area contributed by atoms with E-state index in [4.69, 9.17) is 18.6 Å². The normalized spacial score (nSPS) is 24.1. The molecule has 2 aliphatic rings. The summed E-state index contributed by atoms with van der Waals surface area (Å²) in [5.41, 5.74) is -1.56. The van der Waals surface area contributed by atoms with Gasteiger partial charge in [-0.05, 0) is 44.0 Å². The second-order valence-corrected chi connectivity index (χ2v) is 10.2. The van der Waals surface area contributed by atoms with E-state index in [9.17, 15) is 14.4 Å². The highest BCUT2D eigenvalue weighted by atomic mass is 16.6. The number of rotatable bonds is 7. The SMILES string of the molecule is CCc1cc(=O)c2ccc(OCc3ccccn3)c(COC(=O)[C@@]34CC[C@@](C)(C(=O)O3)C4(C)C)c2o1. The van der Waals surface area contributed by atoms with Crippen molar-refractivity contribution >= 4 is 22.9 Å². The maximum absolute atomic E-state index is 13.5. The van der Waals surface area contributed by atoms with Crippen molar-refractivity contribution in [2.45, 2.75) is 65.8 Å². The van der Waals surface area contributed by atoms with Crippen LogP contribution in [-0.4, -0.2) is 22.5 Å². The minimum Gasteiger partial charge on any atom is -0.487 e. The highest BCUT2D eigenvalue weighted by Gasteiger charge is 2.76. The summed E-state index contributed by atoms with van der Waals surface area (Å²) in [6, 6.07) is 10.3. The van der Waals surface area contributed by atoms with Crippen LogP contribution >= 0.6 is 0 Å². The molecule has 0 amide bonds. The van der Waals surface area contributed by atoms with E-state index in [-0.39, 0.29) is 24.6 Å². The molecule has 5 rings (SSSR count). The number of esters is 2.